The largest absolute Gasteiger partial charge is 0.377 e. The Bertz CT molecular complexity index is 331. The van der Waals surface area contributed by atoms with Gasteiger partial charge in [-0.3, -0.25) is 11.3 Å². The Hall–Kier alpha value is -0.900. The molecule has 1 aromatic carbocycles. The van der Waals surface area contributed by atoms with E-state index in [4.69, 9.17) is 10.6 Å². The lowest BCUT2D eigenvalue weighted by Gasteiger charge is -2.26. The highest BCUT2D eigenvalue weighted by molar-refractivity contribution is 5.23. The van der Waals surface area contributed by atoms with Gasteiger partial charge in [-0.1, -0.05) is 44.5 Å². The van der Waals surface area contributed by atoms with Gasteiger partial charge < -0.3 is 4.74 Å². The van der Waals surface area contributed by atoms with E-state index in [-0.39, 0.29) is 12.1 Å². The second-order valence-corrected chi connectivity index (χ2v) is 4.93. The number of hydrazine groups is 1. The Morgan fingerprint density at radius 2 is 1.74 bits per heavy atom. The van der Waals surface area contributed by atoms with Crippen molar-refractivity contribution in [2.45, 2.75) is 58.6 Å². The maximum Gasteiger partial charge on any atom is 0.0744 e. The van der Waals surface area contributed by atoms with Crippen LogP contribution in [0.3, 0.4) is 0 Å². The summed E-state index contributed by atoms with van der Waals surface area (Å²) in [6.07, 6.45) is 4.32. The van der Waals surface area contributed by atoms with Crippen molar-refractivity contribution in [1.82, 2.24) is 5.43 Å². The van der Waals surface area contributed by atoms with E-state index in [1.807, 2.05) is 6.92 Å². The number of nitrogens with one attached hydrogen (secondary N) is 1. The van der Waals surface area contributed by atoms with Crippen LogP contribution in [0, 0.1) is 0 Å². The first-order valence-electron chi connectivity index (χ1n) is 7.40. The van der Waals surface area contributed by atoms with E-state index in [1.165, 1.54) is 11.1 Å². The minimum absolute atomic E-state index is 0.173. The molecular weight excluding hydrogens is 236 g/mol. The molecule has 0 spiro atoms. The summed E-state index contributed by atoms with van der Waals surface area (Å²) in [5, 5.41) is 0. The van der Waals surface area contributed by atoms with Gasteiger partial charge in [0.05, 0.1) is 12.1 Å². The topological polar surface area (TPSA) is 47.3 Å². The first kappa shape index (κ1) is 16.2. The average Bonchev–Trinajstić information content (AvgIpc) is 2.45. The molecule has 2 unspecified atom stereocenters. The molecule has 3 heteroatoms. The van der Waals surface area contributed by atoms with Crippen LogP contribution in [0.1, 0.15) is 44.7 Å². The molecule has 19 heavy (non-hydrogen) atoms. The average molecular weight is 264 g/mol. The van der Waals surface area contributed by atoms with Gasteiger partial charge in [0.15, 0.2) is 0 Å². The van der Waals surface area contributed by atoms with Crippen molar-refractivity contribution in [3.8, 4) is 0 Å². The van der Waals surface area contributed by atoms with E-state index in [2.05, 4.69) is 43.5 Å². The first-order chi connectivity index (χ1) is 9.24. The predicted molar refractivity (Wildman–Crippen MR) is 81.0 cm³/mol. The Kier molecular flexibility index (Phi) is 7.72. The highest BCUT2D eigenvalue weighted by atomic mass is 16.5. The van der Waals surface area contributed by atoms with Crippen molar-refractivity contribution < 1.29 is 4.74 Å². The van der Waals surface area contributed by atoms with Gasteiger partial charge in [-0.2, -0.15) is 0 Å². The van der Waals surface area contributed by atoms with Crippen LogP contribution in [0.15, 0.2) is 24.3 Å². The monoisotopic (exact) mass is 264 g/mol. The molecule has 0 heterocycles. The van der Waals surface area contributed by atoms with E-state index in [0.717, 1.165) is 32.3 Å². The van der Waals surface area contributed by atoms with Crippen LogP contribution >= 0.6 is 0 Å². The van der Waals surface area contributed by atoms with Gasteiger partial charge in [-0.25, -0.2) is 0 Å². The Balaban J connectivity index is 2.67. The summed E-state index contributed by atoms with van der Waals surface area (Å²) in [6, 6.07) is 8.94. The van der Waals surface area contributed by atoms with Crippen LogP contribution < -0.4 is 11.3 Å². The number of aryl methyl sites for hydroxylation is 1. The molecule has 3 nitrogen and oxygen atoms in total. The summed E-state index contributed by atoms with van der Waals surface area (Å²) in [7, 11) is 0. The Labute approximate surface area is 117 Å². The number of ether oxygens (including phenoxy) is 1. The highest BCUT2D eigenvalue weighted by Gasteiger charge is 2.20. The van der Waals surface area contributed by atoms with E-state index in [1.54, 1.807) is 0 Å². The molecule has 0 aliphatic heterocycles. The van der Waals surface area contributed by atoms with Crippen LogP contribution in [0.4, 0.5) is 0 Å². The van der Waals surface area contributed by atoms with Gasteiger partial charge in [0, 0.05) is 6.61 Å². The highest BCUT2D eigenvalue weighted by Crippen LogP contribution is 2.14. The van der Waals surface area contributed by atoms with Crippen molar-refractivity contribution in [2.75, 3.05) is 6.61 Å². The molecule has 0 aliphatic rings. The zero-order valence-corrected chi connectivity index (χ0v) is 12.5. The van der Waals surface area contributed by atoms with Crippen molar-refractivity contribution in [1.29, 1.82) is 0 Å². The summed E-state index contributed by atoms with van der Waals surface area (Å²) in [5.74, 6) is 5.71. The Morgan fingerprint density at radius 1 is 1.11 bits per heavy atom. The zero-order valence-electron chi connectivity index (χ0n) is 12.5. The van der Waals surface area contributed by atoms with E-state index in [0.29, 0.717) is 0 Å². The summed E-state index contributed by atoms with van der Waals surface area (Å²) < 4.78 is 5.81. The van der Waals surface area contributed by atoms with Crippen molar-refractivity contribution in [3.05, 3.63) is 35.4 Å². The van der Waals surface area contributed by atoms with Crippen LogP contribution in [-0.2, 0) is 17.6 Å². The molecule has 0 saturated carbocycles. The second kappa shape index (κ2) is 9.08. The maximum absolute atomic E-state index is 5.81. The molecule has 0 amide bonds. The van der Waals surface area contributed by atoms with Crippen LogP contribution in [0.25, 0.3) is 0 Å². The van der Waals surface area contributed by atoms with Gasteiger partial charge >= 0.3 is 0 Å². The number of hydrogen-bond donors (Lipinski definition) is 2. The van der Waals surface area contributed by atoms with Crippen LogP contribution in [-0.4, -0.2) is 18.8 Å². The number of benzene rings is 1. The molecule has 0 fully saturated rings. The molecule has 1 aromatic rings. The molecule has 0 aromatic heterocycles. The fraction of sp³-hybridized carbons (Fsp3) is 0.625. The van der Waals surface area contributed by atoms with Gasteiger partial charge in [0.25, 0.3) is 0 Å². The number of nitrogens with two attached hydrogens (primary N) is 1. The predicted octanol–water partition coefficient (Wildman–Crippen LogP) is 2.83. The van der Waals surface area contributed by atoms with Crippen LogP contribution in [0.5, 0.6) is 0 Å². The third-order valence-corrected chi connectivity index (χ3v) is 3.50. The third kappa shape index (κ3) is 5.31. The molecule has 3 N–H and O–H groups in total. The smallest absolute Gasteiger partial charge is 0.0744 e. The van der Waals surface area contributed by atoms with Gasteiger partial charge in [-0.05, 0) is 37.3 Å². The Morgan fingerprint density at radius 3 is 2.21 bits per heavy atom. The molecular formula is C16H28N2O. The molecule has 0 saturated heterocycles. The minimum atomic E-state index is 0.173. The van der Waals surface area contributed by atoms with E-state index >= 15 is 0 Å². The normalized spacial score (nSPS) is 14.3. The lowest BCUT2D eigenvalue weighted by Crippen LogP contribution is -2.46. The van der Waals surface area contributed by atoms with E-state index < -0.39 is 0 Å². The maximum atomic E-state index is 5.81. The van der Waals surface area contributed by atoms with Gasteiger partial charge in [0.2, 0.25) is 0 Å². The fourth-order valence-corrected chi connectivity index (χ4v) is 2.36. The summed E-state index contributed by atoms with van der Waals surface area (Å²) in [5.41, 5.74) is 5.60. The SMILES string of the molecule is CCCC(OCC)C(Cc1ccc(CC)cc1)NN. The fourth-order valence-electron chi connectivity index (χ4n) is 2.36. The third-order valence-electron chi connectivity index (χ3n) is 3.50. The molecule has 0 bridgehead atoms. The van der Waals surface area contributed by atoms with Crippen molar-refractivity contribution >= 4 is 0 Å². The molecule has 0 radical (unpaired) electrons. The summed E-state index contributed by atoms with van der Waals surface area (Å²) in [6.45, 7) is 7.12. The summed E-state index contributed by atoms with van der Waals surface area (Å²) >= 11 is 0. The minimum Gasteiger partial charge on any atom is -0.377 e. The molecule has 0 aliphatic carbocycles. The summed E-state index contributed by atoms with van der Waals surface area (Å²) in [4.78, 5) is 0. The van der Waals surface area contributed by atoms with Gasteiger partial charge in [-0.15, -0.1) is 0 Å². The standard InChI is InChI=1S/C16H28N2O/c1-4-7-16(19-6-3)15(18-17)12-14-10-8-13(5-2)9-11-14/h8-11,15-16,18H,4-7,12,17H2,1-3H3. The zero-order chi connectivity index (χ0) is 14.1. The quantitative estimate of drug-likeness (QED) is 0.532. The van der Waals surface area contributed by atoms with Crippen LogP contribution in [0.2, 0.25) is 0 Å². The second-order valence-electron chi connectivity index (χ2n) is 4.93. The van der Waals surface area contributed by atoms with Crippen molar-refractivity contribution in [3.63, 3.8) is 0 Å². The number of hydrogen-bond acceptors (Lipinski definition) is 3. The number of rotatable bonds is 9. The van der Waals surface area contributed by atoms with E-state index in [9.17, 15) is 0 Å². The lowest BCUT2D eigenvalue weighted by molar-refractivity contribution is 0.0281. The molecule has 108 valence electrons. The van der Waals surface area contributed by atoms with Gasteiger partial charge in [0.1, 0.15) is 0 Å². The van der Waals surface area contributed by atoms with Crippen molar-refractivity contribution in [2.24, 2.45) is 5.84 Å². The molecule has 1 rings (SSSR count). The molecule has 2 atom stereocenters. The lowest BCUT2D eigenvalue weighted by atomic mass is 9.98. The first-order valence-corrected chi connectivity index (χ1v) is 7.40.